The standard InChI is InChI=1S/C12H15FN4O4/c13-4-1-3-12(15)9(19)7(6-18)21-10(12)17-5-2-8(14)16-11(17)20/h2,5,7,9-10,18-19H,4,6,15H2,(H2,14,16,20)/t7?,9-,10?,12?/m0/s1. The molecule has 21 heavy (non-hydrogen) atoms. The molecule has 0 aliphatic carbocycles. The Hall–Kier alpha value is -1.99. The molecule has 9 heteroatoms. The Labute approximate surface area is 119 Å². The summed E-state index contributed by atoms with van der Waals surface area (Å²) >= 11 is 0. The molecule has 1 fully saturated rings. The highest BCUT2D eigenvalue weighted by atomic mass is 19.1. The van der Waals surface area contributed by atoms with Crippen molar-refractivity contribution in [1.29, 1.82) is 0 Å². The van der Waals surface area contributed by atoms with Crippen LogP contribution in [0.15, 0.2) is 17.1 Å². The molecule has 0 aromatic carbocycles. The molecular formula is C12H15FN4O4. The number of hydrogen-bond donors (Lipinski definition) is 4. The summed E-state index contributed by atoms with van der Waals surface area (Å²) in [6.07, 6.45) is -2.42. The van der Waals surface area contributed by atoms with Gasteiger partial charge in [0.1, 0.15) is 24.7 Å². The molecule has 1 aromatic heterocycles. The fourth-order valence-electron chi connectivity index (χ4n) is 2.17. The fraction of sp³-hybridized carbons (Fsp3) is 0.500. The third-order valence-corrected chi connectivity index (χ3v) is 3.21. The van der Waals surface area contributed by atoms with Gasteiger partial charge in [0.25, 0.3) is 0 Å². The highest BCUT2D eigenvalue weighted by Gasteiger charge is 2.54. The van der Waals surface area contributed by atoms with Crippen LogP contribution in [0.1, 0.15) is 6.23 Å². The molecule has 1 saturated heterocycles. The molecule has 0 saturated carbocycles. The zero-order chi connectivity index (χ0) is 15.6. The Balaban J connectivity index is 2.51. The third kappa shape index (κ3) is 2.62. The first-order valence-electron chi connectivity index (χ1n) is 6.08. The second-order valence-corrected chi connectivity index (χ2v) is 4.56. The van der Waals surface area contributed by atoms with E-state index in [1.807, 2.05) is 0 Å². The van der Waals surface area contributed by atoms with Gasteiger partial charge in [-0.05, 0) is 6.07 Å². The van der Waals surface area contributed by atoms with Gasteiger partial charge < -0.3 is 26.4 Å². The number of aromatic nitrogens is 2. The van der Waals surface area contributed by atoms with E-state index in [9.17, 15) is 19.4 Å². The van der Waals surface area contributed by atoms with Gasteiger partial charge >= 0.3 is 5.69 Å². The van der Waals surface area contributed by atoms with Crippen LogP contribution in [0.25, 0.3) is 0 Å². The summed E-state index contributed by atoms with van der Waals surface area (Å²) in [5, 5.41) is 19.3. The van der Waals surface area contributed by atoms with Gasteiger partial charge in [-0.3, -0.25) is 4.57 Å². The van der Waals surface area contributed by atoms with E-state index in [0.717, 1.165) is 4.57 Å². The first-order valence-corrected chi connectivity index (χ1v) is 6.08. The number of nitrogens with two attached hydrogens (primary N) is 2. The number of hydrogen-bond acceptors (Lipinski definition) is 7. The Morgan fingerprint density at radius 3 is 2.90 bits per heavy atom. The largest absolute Gasteiger partial charge is 0.394 e. The molecule has 1 aliphatic rings. The molecular weight excluding hydrogens is 283 g/mol. The number of ether oxygens (including phenoxy) is 1. The SMILES string of the molecule is Nc1ccn(C2OC(CO)[C@H](O)C2(N)C#CCF)c(=O)n1. The van der Waals surface area contributed by atoms with Gasteiger partial charge in [0.05, 0.1) is 6.61 Å². The summed E-state index contributed by atoms with van der Waals surface area (Å²) in [4.78, 5) is 15.4. The number of alkyl halides is 1. The second-order valence-electron chi connectivity index (χ2n) is 4.56. The quantitative estimate of drug-likeness (QED) is 0.452. The van der Waals surface area contributed by atoms with Crippen molar-refractivity contribution in [2.24, 2.45) is 5.73 Å². The Kier molecular flexibility index (Phi) is 4.24. The van der Waals surface area contributed by atoms with Crippen LogP contribution in [-0.2, 0) is 4.74 Å². The molecule has 1 aromatic rings. The van der Waals surface area contributed by atoms with Crippen LogP contribution in [-0.4, -0.2) is 50.8 Å². The highest BCUT2D eigenvalue weighted by Crippen LogP contribution is 2.35. The first kappa shape index (κ1) is 15.4. The molecule has 2 heterocycles. The van der Waals surface area contributed by atoms with Crippen LogP contribution in [0.5, 0.6) is 0 Å². The zero-order valence-corrected chi connectivity index (χ0v) is 10.9. The second kappa shape index (κ2) is 5.79. The lowest BCUT2D eigenvalue weighted by Crippen LogP contribution is -2.55. The van der Waals surface area contributed by atoms with E-state index in [1.165, 1.54) is 12.3 Å². The van der Waals surface area contributed by atoms with Crippen molar-refractivity contribution in [3.8, 4) is 11.8 Å². The van der Waals surface area contributed by atoms with E-state index in [-0.39, 0.29) is 5.82 Å². The number of rotatable bonds is 2. The summed E-state index contributed by atoms with van der Waals surface area (Å²) in [7, 11) is 0. The van der Waals surface area contributed by atoms with E-state index < -0.39 is 42.9 Å². The van der Waals surface area contributed by atoms with Crippen molar-refractivity contribution >= 4 is 5.82 Å². The van der Waals surface area contributed by atoms with Crippen molar-refractivity contribution in [1.82, 2.24) is 9.55 Å². The van der Waals surface area contributed by atoms with Crippen LogP contribution < -0.4 is 17.2 Å². The molecule has 6 N–H and O–H groups in total. The summed E-state index contributed by atoms with van der Waals surface area (Å²) in [6, 6.07) is 1.34. The molecule has 0 amide bonds. The summed E-state index contributed by atoms with van der Waals surface area (Å²) in [5.74, 6) is 4.48. The lowest BCUT2D eigenvalue weighted by Gasteiger charge is -2.27. The van der Waals surface area contributed by atoms with E-state index in [0.29, 0.717) is 0 Å². The monoisotopic (exact) mass is 298 g/mol. The number of anilines is 1. The number of aliphatic hydroxyl groups is 2. The zero-order valence-electron chi connectivity index (χ0n) is 10.9. The topological polar surface area (TPSA) is 137 Å². The molecule has 1 aliphatic heterocycles. The van der Waals surface area contributed by atoms with Crippen molar-refractivity contribution in [3.63, 3.8) is 0 Å². The molecule has 0 spiro atoms. The summed E-state index contributed by atoms with van der Waals surface area (Å²) in [5.41, 5.74) is 8.86. The summed E-state index contributed by atoms with van der Waals surface area (Å²) in [6.45, 7) is -1.51. The molecule has 2 rings (SSSR count). The predicted octanol–water partition coefficient (Wildman–Crippen LogP) is -2.25. The van der Waals surface area contributed by atoms with Gasteiger partial charge in [0.2, 0.25) is 0 Å². The first-order chi connectivity index (χ1) is 9.93. The molecule has 3 unspecified atom stereocenters. The maximum Gasteiger partial charge on any atom is 0.351 e. The van der Waals surface area contributed by atoms with Crippen molar-refractivity contribution in [2.75, 3.05) is 19.0 Å². The number of nitrogens with zero attached hydrogens (tertiary/aromatic N) is 2. The molecule has 114 valence electrons. The normalized spacial score (nSPS) is 31.7. The lowest BCUT2D eigenvalue weighted by molar-refractivity contribution is -0.0476. The highest BCUT2D eigenvalue weighted by molar-refractivity contribution is 5.28. The minimum atomic E-state index is -1.76. The molecule has 4 atom stereocenters. The Bertz CT molecular complexity index is 640. The average Bonchev–Trinajstić information content (AvgIpc) is 2.70. The van der Waals surface area contributed by atoms with Crippen LogP contribution in [0.3, 0.4) is 0 Å². The average molecular weight is 298 g/mol. The van der Waals surface area contributed by atoms with Gasteiger partial charge in [0, 0.05) is 6.20 Å². The minimum Gasteiger partial charge on any atom is -0.394 e. The van der Waals surface area contributed by atoms with Crippen LogP contribution >= 0.6 is 0 Å². The minimum absolute atomic E-state index is 0.00553. The van der Waals surface area contributed by atoms with Gasteiger partial charge in [-0.25, -0.2) is 9.18 Å². The van der Waals surface area contributed by atoms with E-state index in [2.05, 4.69) is 16.8 Å². The Morgan fingerprint density at radius 2 is 2.33 bits per heavy atom. The van der Waals surface area contributed by atoms with E-state index >= 15 is 0 Å². The van der Waals surface area contributed by atoms with Crippen LogP contribution in [0, 0.1) is 11.8 Å². The fourth-order valence-corrected chi connectivity index (χ4v) is 2.17. The summed E-state index contributed by atoms with van der Waals surface area (Å²) < 4.78 is 18.6. The van der Waals surface area contributed by atoms with Crippen LogP contribution in [0.4, 0.5) is 10.2 Å². The van der Waals surface area contributed by atoms with Crippen molar-refractivity contribution in [2.45, 2.75) is 24.0 Å². The molecule has 0 bridgehead atoms. The molecule has 8 nitrogen and oxygen atoms in total. The van der Waals surface area contributed by atoms with E-state index in [4.69, 9.17) is 16.2 Å². The third-order valence-electron chi connectivity index (χ3n) is 3.21. The van der Waals surface area contributed by atoms with Crippen LogP contribution in [0.2, 0.25) is 0 Å². The number of aliphatic hydroxyl groups excluding tert-OH is 2. The number of nitrogen functional groups attached to an aromatic ring is 1. The smallest absolute Gasteiger partial charge is 0.351 e. The van der Waals surface area contributed by atoms with Gasteiger partial charge in [-0.15, -0.1) is 0 Å². The maximum atomic E-state index is 12.3. The van der Waals surface area contributed by atoms with Gasteiger partial charge in [0.15, 0.2) is 11.8 Å². The molecule has 0 radical (unpaired) electrons. The maximum absolute atomic E-state index is 12.3. The van der Waals surface area contributed by atoms with Crippen molar-refractivity contribution in [3.05, 3.63) is 22.7 Å². The predicted molar refractivity (Wildman–Crippen MR) is 70.6 cm³/mol. The Morgan fingerprint density at radius 1 is 1.62 bits per heavy atom. The van der Waals surface area contributed by atoms with Gasteiger partial charge in [-0.2, -0.15) is 4.98 Å². The van der Waals surface area contributed by atoms with Crippen molar-refractivity contribution < 1.29 is 19.3 Å². The van der Waals surface area contributed by atoms with Gasteiger partial charge in [-0.1, -0.05) is 11.8 Å². The van der Waals surface area contributed by atoms with E-state index in [1.54, 1.807) is 0 Å². The number of halogens is 1. The lowest BCUT2D eigenvalue weighted by atomic mass is 9.91.